The number of aliphatic hydroxyl groups is 1. The summed E-state index contributed by atoms with van der Waals surface area (Å²) in [6, 6.07) is 0.454. The van der Waals surface area contributed by atoms with Gasteiger partial charge in [-0.1, -0.05) is 0 Å². The summed E-state index contributed by atoms with van der Waals surface area (Å²) in [5.41, 5.74) is 4.94. The van der Waals surface area contributed by atoms with Gasteiger partial charge < -0.3 is 26.2 Å². The molecule has 5 rings (SSSR count). The number of Topliss-reactive ketones (excluding diaryl/α,β-unsaturated/α-hetero) is 4. The Kier molecular flexibility index (Phi) is 6.24. The normalized spacial score (nSPS) is 34.7. The minimum absolute atomic E-state index is 0.00643. The van der Waals surface area contributed by atoms with Crippen LogP contribution in [0.5, 0.6) is 5.75 Å². The zero-order valence-corrected chi connectivity index (χ0v) is 22.0. The van der Waals surface area contributed by atoms with Crippen LogP contribution in [-0.4, -0.2) is 90.5 Å². The Morgan fingerprint density at radius 3 is 2.37 bits per heavy atom. The number of carbonyl (C=O) groups is 5. The van der Waals surface area contributed by atoms with Crippen LogP contribution in [0.3, 0.4) is 0 Å². The van der Waals surface area contributed by atoms with E-state index in [1.54, 1.807) is 20.2 Å². The first-order valence-corrected chi connectivity index (χ1v) is 13.0. The third kappa shape index (κ3) is 3.48. The summed E-state index contributed by atoms with van der Waals surface area (Å²) in [6.45, 7) is 0.841. The molecule has 1 amide bonds. The zero-order chi connectivity index (χ0) is 27.8. The van der Waals surface area contributed by atoms with E-state index in [1.807, 2.05) is 19.0 Å². The maximum Gasteiger partial charge on any atom is 0.235 e. The highest BCUT2D eigenvalue weighted by Crippen LogP contribution is 2.52. The maximum absolute atomic E-state index is 13.9. The largest absolute Gasteiger partial charge is 0.507 e. The molecule has 0 radical (unpaired) electrons. The number of benzene rings is 1. The van der Waals surface area contributed by atoms with Crippen LogP contribution in [0.2, 0.25) is 0 Å². The molecule has 204 valence electrons. The van der Waals surface area contributed by atoms with Crippen molar-refractivity contribution in [2.45, 2.75) is 43.4 Å². The maximum atomic E-state index is 13.9. The number of fused-ring (bicyclic) bond motifs is 3. The number of aromatic hydroxyl groups is 1. The number of likely N-dealkylation sites (N-methyl/N-ethyl adjacent to an activating group) is 1. The van der Waals surface area contributed by atoms with Crippen LogP contribution in [-0.2, 0) is 25.6 Å². The second kappa shape index (κ2) is 8.96. The number of nitrogens with one attached hydrogen (secondary N) is 1. The van der Waals surface area contributed by atoms with Crippen molar-refractivity contribution in [2.24, 2.45) is 29.4 Å². The van der Waals surface area contributed by atoms with E-state index < -0.39 is 64.4 Å². The number of phenolic OH excluding ortho intramolecular Hbond substituents is 1. The zero-order valence-electron chi connectivity index (χ0n) is 22.0. The lowest BCUT2D eigenvalue weighted by molar-refractivity contribution is -0.181. The van der Waals surface area contributed by atoms with Gasteiger partial charge in [0.2, 0.25) is 5.91 Å². The van der Waals surface area contributed by atoms with Gasteiger partial charge in [0, 0.05) is 31.7 Å². The van der Waals surface area contributed by atoms with Crippen LogP contribution >= 0.6 is 0 Å². The second-order valence-electron chi connectivity index (χ2n) is 11.5. The van der Waals surface area contributed by atoms with Gasteiger partial charge in [-0.25, -0.2) is 0 Å². The Hall–Kier alpha value is -3.15. The lowest BCUT2D eigenvalue weighted by Crippen LogP contribution is -2.74. The quantitative estimate of drug-likeness (QED) is 0.370. The lowest BCUT2D eigenvalue weighted by atomic mass is 9.52. The molecule has 1 aromatic rings. The van der Waals surface area contributed by atoms with E-state index in [4.69, 9.17) is 5.73 Å². The monoisotopic (exact) mass is 526 g/mol. The number of rotatable bonds is 4. The molecule has 11 nitrogen and oxygen atoms in total. The van der Waals surface area contributed by atoms with Crippen molar-refractivity contribution in [3.8, 4) is 5.75 Å². The molecule has 5 N–H and O–H groups in total. The minimum Gasteiger partial charge on any atom is -0.507 e. The van der Waals surface area contributed by atoms with Crippen LogP contribution in [0, 0.1) is 23.7 Å². The van der Waals surface area contributed by atoms with Gasteiger partial charge in [-0.15, -0.1) is 0 Å². The van der Waals surface area contributed by atoms with Crippen molar-refractivity contribution < 1.29 is 34.2 Å². The Balaban J connectivity index is 1.66. The average molecular weight is 527 g/mol. The first kappa shape index (κ1) is 26.5. The third-order valence-electron chi connectivity index (χ3n) is 8.95. The Labute approximate surface area is 220 Å². The van der Waals surface area contributed by atoms with E-state index in [2.05, 4.69) is 5.32 Å². The number of nitrogens with zero attached hydrogens (tertiary/aromatic N) is 2. The Morgan fingerprint density at radius 1 is 1.13 bits per heavy atom. The molecule has 0 aromatic heterocycles. The summed E-state index contributed by atoms with van der Waals surface area (Å²) in [5, 5.41) is 26.1. The number of nitrogens with two attached hydrogens (primary N) is 1. The lowest BCUT2D eigenvalue weighted by Gasteiger charge is -2.52. The average Bonchev–Trinajstić information content (AvgIpc) is 3.35. The molecular weight excluding hydrogens is 492 g/mol. The number of anilines is 1. The predicted octanol–water partition coefficient (Wildman–Crippen LogP) is -0.642. The number of hydrogen-bond acceptors (Lipinski definition) is 10. The van der Waals surface area contributed by atoms with Crippen LogP contribution in [0.25, 0.3) is 0 Å². The van der Waals surface area contributed by atoms with Crippen LogP contribution < -0.4 is 16.0 Å². The number of primary amides is 1. The second-order valence-corrected chi connectivity index (χ2v) is 11.5. The molecule has 2 saturated carbocycles. The van der Waals surface area contributed by atoms with E-state index in [0.29, 0.717) is 5.56 Å². The van der Waals surface area contributed by atoms with Crippen molar-refractivity contribution in [2.75, 3.05) is 39.6 Å². The molecule has 3 fully saturated rings. The Bertz CT molecular complexity index is 1270. The number of phenols is 1. The molecule has 4 aliphatic rings. The summed E-state index contributed by atoms with van der Waals surface area (Å²) < 4.78 is 0. The molecular formula is C27H34N4O7. The molecule has 1 heterocycles. The number of carbonyl (C=O) groups excluding carboxylic acids is 5. The molecule has 11 heteroatoms. The van der Waals surface area contributed by atoms with Crippen molar-refractivity contribution in [1.82, 2.24) is 10.2 Å². The van der Waals surface area contributed by atoms with E-state index in [0.717, 1.165) is 30.6 Å². The predicted molar refractivity (Wildman–Crippen MR) is 136 cm³/mol. The van der Waals surface area contributed by atoms with Crippen molar-refractivity contribution in [1.29, 1.82) is 0 Å². The highest BCUT2D eigenvalue weighted by Gasteiger charge is 2.69. The van der Waals surface area contributed by atoms with Crippen LogP contribution in [0.15, 0.2) is 6.07 Å². The molecule has 1 aromatic carbocycles. The first-order chi connectivity index (χ1) is 17.8. The van der Waals surface area contributed by atoms with E-state index in [9.17, 15) is 34.2 Å². The smallest absolute Gasteiger partial charge is 0.235 e. The molecule has 7 unspecified atom stereocenters. The van der Waals surface area contributed by atoms with Gasteiger partial charge in [0.05, 0.1) is 17.5 Å². The summed E-state index contributed by atoms with van der Waals surface area (Å²) in [4.78, 5) is 69.9. The topological polar surface area (TPSA) is 170 Å². The fourth-order valence-corrected chi connectivity index (χ4v) is 7.43. The first-order valence-electron chi connectivity index (χ1n) is 13.0. The minimum atomic E-state index is -2.72. The summed E-state index contributed by atoms with van der Waals surface area (Å²) >= 11 is 0. The molecule has 1 saturated heterocycles. The van der Waals surface area contributed by atoms with Crippen LogP contribution in [0.1, 0.15) is 46.8 Å². The fourth-order valence-electron chi connectivity index (χ4n) is 7.43. The molecule has 7 atom stereocenters. The summed E-state index contributed by atoms with van der Waals surface area (Å²) in [6.07, 6.45) is 2.13. The number of ketones is 4. The molecule has 3 aliphatic carbocycles. The standard InChI is InChI=1S/C27H34N4O7/c1-30(2)20-12(15-6-5-7-29-15)10-16(32)18-13(20)8-11-9-14-21(31(3)4)23(34)19(26(28)37)25(36)27(14,38)24(35)17(11)22(18)33/h10-11,14-15,17,19,21,29,32,38H,5-9H2,1-4H3,(H2,28,37). The highest BCUT2D eigenvalue weighted by atomic mass is 16.3. The number of amides is 1. The third-order valence-corrected chi connectivity index (χ3v) is 8.95. The van der Waals surface area contributed by atoms with Gasteiger partial charge >= 0.3 is 0 Å². The van der Waals surface area contributed by atoms with Gasteiger partial charge in [-0.2, -0.15) is 0 Å². The van der Waals surface area contributed by atoms with Gasteiger partial charge in [0.15, 0.2) is 34.7 Å². The molecule has 1 aliphatic heterocycles. The van der Waals surface area contributed by atoms with Gasteiger partial charge in [-0.05, 0) is 69.4 Å². The SMILES string of the molecule is CN(C)c1c(C2CCCN2)cc(O)c2c1CC1CC3C(N(C)C)C(=O)C(C(N)=O)C(=O)C3(O)C(=O)C1C2=O. The highest BCUT2D eigenvalue weighted by molar-refractivity contribution is 6.32. The number of hydrogen-bond donors (Lipinski definition) is 4. The van der Waals surface area contributed by atoms with E-state index >= 15 is 0 Å². The fraction of sp³-hybridized carbons (Fsp3) is 0.593. The van der Waals surface area contributed by atoms with Gasteiger partial charge in [0.25, 0.3) is 0 Å². The van der Waals surface area contributed by atoms with Gasteiger partial charge in [-0.3, -0.25) is 28.9 Å². The molecule has 0 spiro atoms. The Morgan fingerprint density at radius 2 is 1.82 bits per heavy atom. The van der Waals surface area contributed by atoms with E-state index in [1.165, 1.54) is 4.90 Å². The summed E-state index contributed by atoms with van der Waals surface area (Å²) in [7, 11) is 6.85. The summed E-state index contributed by atoms with van der Waals surface area (Å²) in [5.74, 6) is -10.3. The van der Waals surface area contributed by atoms with Crippen LogP contribution in [0.4, 0.5) is 5.69 Å². The van der Waals surface area contributed by atoms with Crippen molar-refractivity contribution in [3.63, 3.8) is 0 Å². The van der Waals surface area contributed by atoms with E-state index in [-0.39, 0.29) is 30.2 Å². The molecule has 38 heavy (non-hydrogen) atoms. The molecule has 0 bridgehead atoms. The van der Waals surface area contributed by atoms with Crippen molar-refractivity contribution in [3.05, 3.63) is 22.8 Å². The van der Waals surface area contributed by atoms with Gasteiger partial charge in [0.1, 0.15) is 5.75 Å². The van der Waals surface area contributed by atoms with Crippen molar-refractivity contribution >= 4 is 34.7 Å².